The average molecular weight is 334 g/mol. The Morgan fingerprint density at radius 2 is 1.91 bits per heavy atom. The van der Waals surface area contributed by atoms with E-state index in [4.69, 9.17) is 17.3 Å². The van der Waals surface area contributed by atoms with Gasteiger partial charge in [0.25, 0.3) is 0 Å². The van der Waals surface area contributed by atoms with Crippen molar-refractivity contribution in [3.8, 4) is 11.1 Å². The first-order chi connectivity index (χ1) is 11.1. The molecule has 0 saturated heterocycles. The molecule has 0 bridgehead atoms. The van der Waals surface area contributed by atoms with E-state index in [9.17, 15) is 4.79 Å². The van der Waals surface area contributed by atoms with Crippen LogP contribution in [0.25, 0.3) is 11.1 Å². The Labute approximate surface area is 143 Å². The van der Waals surface area contributed by atoms with E-state index in [1.807, 2.05) is 38.1 Å². The lowest BCUT2D eigenvalue weighted by molar-refractivity contribution is -0.108. The molecule has 1 heterocycles. The molecule has 2 rings (SSSR count). The third-order valence-corrected chi connectivity index (χ3v) is 3.06. The summed E-state index contributed by atoms with van der Waals surface area (Å²) in [6, 6.07) is 10.0. The van der Waals surface area contributed by atoms with Crippen LogP contribution in [-0.4, -0.2) is 11.4 Å². The van der Waals surface area contributed by atoms with E-state index in [1.165, 1.54) is 16.7 Å². The van der Waals surface area contributed by atoms with Crippen molar-refractivity contribution >= 4 is 18.0 Å². The first-order valence-electron chi connectivity index (χ1n) is 7.42. The minimum absolute atomic E-state index is 0.171. The number of hydrogen-bond acceptors (Lipinski definition) is 3. The molecule has 2 aromatic rings. The summed E-state index contributed by atoms with van der Waals surface area (Å²) in [6.45, 7) is 9.30. The number of halogens is 1. The Hall–Kier alpha value is -2.33. The monoisotopic (exact) mass is 333 g/mol. The van der Waals surface area contributed by atoms with Gasteiger partial charge in [0.2, 0.25) is 6.41 Å². The molecule has 0 atom stereocenters. The Balaban J connectivity index is 0.000000515. The Kier molecular flexibility index (Phi) is 11.0. The normalized spacial score (nSPS) is 8.70. The number of nitrogens with one attached hydrogen (secondary N) is 1. The number of hydrogen-bond donors (Lipinski definition) is 2. The van der Waals surface area contributed by atoms with Crippen LogP contribution in [-0.2, 0) is 11.2 Å². The molecule has 1 aromatic heterocycles. The molecule has 0 unspecified atom stereocenters. The molecule has 4 nitrogen and oxygen atoms in total. The van der Waals surface area contributed by atoms with Gasteiger partial charge in [-0.05, 0) is 41.3 Å². The van der Waals surface area contributed by atoms with Crippen LogP contribution in [0.15, 0.2) is 55.1 Å². The highest BCUT2D eigenvalue weighted by Crippen LogP contribution is 2.28. The van der Waals surface area contributed by atoms with Crippen molar-refractivity contribution in [3.63, 3.8) is 0 Å². The second-order valence-electron chi connectivity index (χ2n) is 4.14. The molecule has 1 aromatic carbocycles. The molecule has 0 radical (unpaired) electrons. The van der Waals surface area contributed by atoms with Crippen molar-refractivity contribution in [1.82, 2.24) is 10.3 Å². The van der Waals surface area contributed by atoms with Crippen molar-refractivity contribution < 1.29 is 4.79 Å². The number of nitrogens with zero attached hydrogens (tertiary/aromatic N) is 1. The Morgan fingerprint density at radius 3 is 2.35 bits per heavy atom. The van der Waals surface area contributed by atoms with Gasteiger partial charge in [-0.2, -0.15) is 0 Å². The first-order valence-corrected chi connectivity index (χ1v) is 7.80. The fraction of sp³-hybridized carbons (Fsp3) is 0.222. The number of carbonyl (C=O) groups excluding carboxylic acids is 1. The number of nitrogens with two attached hydrogens (primary N) is 1. The summed E-state index contributed by atoms with van der Waals surface area (Å²) in [5, 5.41) is 2.95. The summed E-state index contributed by atoms with van der Waals surface area (Å²) < 4.78 is 0. The van der Waals surface area contributed by atoms with Crippen LogP contribution in [0.5, 0.6) is 0 Å². The number of pyridine rings is 1. The van der Waals surface area contributed by atoms with E-state index in [0.29, 0.717) is 6.41 Å². The van der Waals surface area contributed by atoms with Gasteiger partial charge in [-0.1, -0.05) is 51.1 Å². The highest BCUT2D eigenvalue weighted by molar-refractivity contribution is 6.31. The van der Waals surface area contributed by atoms with Gasteiger partial charge < -0.3 is 11.1 Å². The summed E-state index contributed by atoms with van der Waals surface area (Å²) in [4.78, 5) is 13.4. The zero-order chi connectivity index (χ0) is 17.7. The Morgan fingerprint density at radius 1 is 1.30 bits per heavy atom. The van der Waals surface area contributed by atoms with Crippen LogP contribution in [0.2, 0.25) is 5.02 Å². The van der Waals surface area contributed by atoms with E-state index in [-0.39, 0.29) is 5.82 Å². The van der Waals surface area contributed by atoms with Gasteiger partial charge >= 0.3 is 0 Å². The lowest BCUT2D eigenvalue weighted by Gasteiger charge is -2.09. The smallest absolute Gasteiger partial charge is 0.212 e. The second kappa shape index (κ2) is 12.2. The van der Waals surface area contributed by atoms with Crippen LogP contribution < -0.4 is 11.1 Å². The topological polar surface area (TPSA) is 68.0 Å². The summed E-state index contributed by atoms with van der Waals surface area (Å²) in [6.07, 6.45) is 5.02. The third-order valence-electron chi connectivity index (χ3n) is 2.71. The molecule has 0 aliphatic carbocycles. The summed E-state index contributed by atoms with van der Waals surface area (Å²) in [5.74, 6) is 0.171. The largest absolute Gasteiger partial charge is 0.386 e. The van der Waals surface area contributed by atoms with E-state index >= 15 is 0 Å². The Bertz CT molecular complexity index is 600. The molecule has 0 saturated carbocycles. The molecule has 0 aliphatic rings. The maximum atomic E-state index is 9.36. The van der Waals surface area contributed by atoms with Gasteiger partial charge in [-0.15, -0.1) is 0 Å². The van der Waals surface area contributed by atoms with Gasteiger partial charge in [0.15, 0.2) is 0 Å². The summed E-state index contributed by atoms with van der Waals surface area (Å²) in [7, 11) is 0. The number of aromatic nitrogens is 1. The minimum atomic E-state index is 0.171. The van der Waals surface area contributed by atoms with Crippen LogP contribution >= 0.6 is 11.6 Å². The number of amides is 1. The van der Waals surface area contributed by atoms with Crippen LogP contribution in [0.1, 0.15) is 26.3 Å². The predicted molar refractivity (Wildman–Crippen MR) is 97.9 cm³/mol. The lowest BCUT2D eigenvalue weighted by Crippen LogP contribution is -2.15. The van der Waals surface area contributed by atoms with Crippen LogP contribution in [0, 0.1) is 0 Å². The van der Waals surface area contributed by atoms with Crippen molar-refractivity contribution in [2.75, 3.05) is 0 Å². The quantitative estimate of drug-likeness (QED) is 0.826. The van der Waals surface area contributed by atoms with Crippen molar-refractivity contribution in [3.05, 3.63) is 65.7 Å². The van der Waals surface area contributed by atoms with Gasteiger partial charge in [0.05, 0.1) is 5.82 Å². The highest BCUT2D eigenvalue weighted by atomic mass is 35.5. The molecule has 124 valence electrons. The third kappa shape index (κ3) is 7.47. The molecular weight excluding hydrogens is 310 g/mol. The van der Waals surface area contributed by atoms with Gasteiger partial charge in [0, 0.05) is 17.4 Å². The number of benzene rings is 1. The SMILES string of the molecule is C=C(N)NC=O.CC.CCc1c(Cl)cccc1-c1ccncc1. The second-order valence-corrected chi connectivity index (χ2v) is 4.55. The molecule has 0 spiro atoms. The van der Waals surface area contributed by atoms with E-state index < -0.39 is 0 Å². The highest BCUT2D eigenvalue weighted by Gasteiger charge is 2.06. The standard InChI is InChI=1S/C13H12ClN.C3H6N2O.C2H6/c1-2-11-12(4-3-5-13(11)14)10-6-8-15-9-7-10;1-3(4)5-2-6;1-2/h3-9H,2H2,1H3;2H,1,4H2,(H,5,6);1-2H3. The summed E-state index contributed by atoms with van der Waals surface area (Å²) in [5.41, 5.74) is 8.44. The molecule has 1 amide bonds. The summed E-state index contributed by atoms with van der Waals surface area (Å²) >= 11 is 6.16. The maximum Gasteiger partial charge on any atom is 0.212 e. The average Bonchev–Trinajstić information content (AvgIpc) is 2.57. The fourth-order valence-electron chi connectivity index (χ4n) is 1.80. The molecule has 0 aliphatic heterocycles. The van der Waals surface area contributed by atoms with Crippen LogP contribution in [0.3, 0.4) is 0 Å². The number of carbonyl (C=O) groups is 1. The van der Waals surface area contributed by atoms with E-state index in [0.717, 1.165) is 11.4 Å². The fourth-order valence-corrected chi connectivity index (χ4v) is 2.10. The molecule has 23 heavy (non-hydrogen) atoms. The van der Waals surface area contributed by atoms with E-state index in [2.05, 4.69) is 29.9 Å². The maximum absolute atomic E-state index is 9.36. The molecule has 3 N–H and O–H groups in total. The minimum Gasteiger partial charge on any atom is -0.386 e. The van der Waals surface area contributed by atoms with Gasteiger partial charge in [-0.3, -0.25) is 9.78 Å². The molecule has 5 heteroatoms. The van der Waals surface area contributed by atoms with Gasteiger partial charge in [0.1, 0.15) is 0 Å². The molecular formula is C18H24ClN3O. The zero-order valence-corrected chi connectivity index (χ0v) is 14.6. The lowest BCUT2D eigenvalue weighted by atomic mass is 9.99. The van der Waals surface area contributed by atoms with Crippen molar-refractivity contribution in [2.45, 2.75) is 27.2 Å². The van der Waals surface area contributed by atoms with Crippen molar-refractivity contribution in [2.24, 2.45) is 5.73 Å². The van der Waals surface area contributed by atoms with Gasteiger partial charge in [-0.25, -0.2) is 0 Å². The first kappa shape index (κ1) is 20.7. The van der Waals surface area contributed by atoms with Crippen LogP contribution in [0.4, 0.5) is 0 Å². The van der Waals surface area contributed by atoms with Crippen molar-refractivity contribution in [1.29, 1.82) is 0 Å². The zero-order valence-electron chi connectivity index (χ0n) is 13.8. The van der Waals surface area contributed by atoms with E-state index in [1.54, 1.807) is 12.4 Å². The molecule has 0 fully saturated rings. The number of rotatable bonds is 4. The predicted octanol–water partition coefficient (Wildman–Crippen LogP) is 4.15.